The van der Waals surface area contributed by atoms with Crippen molar-refractivity contribution in [3.63, 3.8) is 0 Å². The normalized spacial score (nSPS) is 17.6. The number of aliphatic carboxylic acids is 1. The molecule has 1 fully saturated rings. The average Bonchev–Trinajstić information content (AvgIpc) is 2.17. The molecule has 1 heterocycles. The Kier molecular flexibility index (Phi) is 3.16. The third-order valence-electron chi connectivity index (χ3n) is 2.52. The molecule has 86 valence electrons. The van der Waals surface area contributed by atoms with Crippen LogP contribution in [0.3, 0.4) is 0 Å². The highest BCUT2D eigenvalue weighted by Gasteiger charge is 2.41. The van der Waals surface area contributed by atoms with Gasteiger partial charge in [-0.2, -0.15) is 0 Å². The lowest BCUT2D eigenvalue weighted by atomic mass is 9.92. The standard InChI is InChI=1S/C11H12BrNO3/c12-8-1-3-9(4-2-8)16-11(5-10(14)15)6-13-7-11/h1-4,13H,5-7H2,(H,14,15). The van der Waals surface area contributed by atoms with Crippen molar-refractivity contribution in [2.24, 2.45) is 0 Å². The highest BCUT2D eigenvalue weighted by atomic mass is 79.9. The van der Waals surface area contributed by atoms with Crippen molar-refractivity contribution in [1.29, 1.82) is 0 Å². The largest absolute Gasteiger partial charge is 0.484 e. The van der Waals surface area contributed by atoms with E-state index in [9.17, 15) is 4.79 Å². The quantitative estimate of drug-likeness (QED) is 0.883. The Morgan fingerprint density at radius 1 is 1.44 bits per heavy atom. The molecule has 1 aliphatic heterocycles. The molecular weight excluding hydrogens is 274 g/mol. The van der Waals surface area contributed by atoms with Crippen LogP contribution in [0, 0.1) is 0 Å². The van der Waals surface area contributed by atoms with E-state index in [4.69, 9.17) is 9.84 Å². The number of carboxylic acid groups (broad SMARTS) is 1. The Morgan fingerprint density at radius 2 is 2.06 bits per heavy atom. The third kappa shape index (κ3) is 2.54. The molecule has 0 saturated carbocycles. The topological polar surface area (TPSA) is 58.6 Å². The molecule has 0 amide bonds. The minimum atomic E-state index is -0.835. The van der Waals surface area contributed by atoms with Crippen molar-refractivity contribution in [1.82, 2.24) is 5.32 Å². The molecule has 0 unspecified atom stereocenters. The van der Waals surface area contributed by atoms with Gasteiger partial charge < -0.3 is 15.2 Å². The zero-order valence-electron chi connectivity index (χ0n) is 8.57. The molecule has 1 aromatic rings. The van der Waals surface area contributed by atoms with Gasteiger partial charge in [0.2, 0.25) is 0 Å². The minimum Gasteiger partial charge on any atom is -0.484 e. The second-order valence-electron chi connectivity index (χ2n) is 3.91. The van der Waals surface area contributed by atoms with E-state index in [1.165, 1.54) is 0 Å². The highest BCUT2D eigenvalue weighted by Crippen LogP contribution is 2.26. The Morgan fingerprint density at radius 3 is 2.50 bits per heavy atom. The van der Waals surface area contributed by atoms with E-state index >= 15 is 0 Å². The summed E-state index contributed by atoms with van der Waals surface area (Å²) < 4.78 is 6.71. The van der Waals surface area contributed by atoms with Gasteiger partial charge in [0.05, 0.1) is 6.42 Å². The van der Waals surface area contributed by atoms with E-state index in [2.05, 4.69) is 21.2 Å². The number of rotatable bonds is 4. The SMILES string of the molecule is O=C(O)CC1(Oc2ccc(Br)cc2)CNC1. The predicted octanol–water partition coefficient (Wildman–Crippen LogP) is 1.64. The van der Waals surface area contributed by atoms with Gasteiger partial charge in [0.15, 0.2) is 0 Å². The predicted molar refractivity (Wildman–Crippen MR) is 62.6 cm³/mol. The molecule has 0 spiro atoms. The Hall–Kier alpha value is -1.07. The molecular formula is C11H12BrNO3. The lowest BCUT2D eigenvalue weighted by Gasteiger charge is -2.41. The molecule has 4 nitrogen and oxygen atoms in total. The summed E-state index contributed by atoms with van der Waals surface area (Å²) in [4.78, 5) is 10.7. The number of nitrogens with one attached hydrogen (secondary N) is 1. The summed E-state index contributed by atoms with van der Waals surface area (Å²) >= 11 is 3.33. The summed E-state index contributed by atoms with van der Waals surface area (Å²) in [6.45, 7) is 1.16. The van der Waals surface area contributed by atoms with Crippen LogP contribution in [0.1, 0.15) is 6.42 Å². The van der Waals surface area contributed by atoms with Crippen molar-refractivity contribution < 1.29 is 14.6 Å². The van der Waals surface area contributed by atoms with Gasteiger partial charge in [-0.3, -0.25) is 4.79 Å². The zero-order valence-corrected chi connectivity index (χ0v) is 10.2. The number of hydrogen-bond donors (Lipinski definition) is 2. The van der Waals surface area contributed by atoms with Crippen molar-refractivity contribution >= 4 is 21.9 Å². The van der Waals surface area contributed by atoms with E-state index in [1.807, 2.05) is 24.3 Å². The summed E-state index contributed by atoms with van der Waals surface area (Å²) in [5.41, 5.74) is -0.584. The number of carbonyl (C=O) groups is 1. The number of benzene rings is 1. The van der Waals surface area contributed by atoms with E-state index in [-0.39, 0.29) is 6.42 Å². The van der Waals surface area contributed by atoms with E-state index in [0.717, 1.165) is 4.47 Å². The highest BCUT2D eigenvalue weighted by molar-refractivity contribution is 9.10. The smallest absolute Gasteiger partial charge is 0.307 e. The molecule has 1 saturated heterocycles. The van der Waals surface area contributed by atoms with Crippen LogP contribution < -0.4 is 10.1 Å². The van der Waals surface area contributed by atoms with Crippen molar-refractivity contribution in [2.45, 2.75) is 12.0 Å². The van der Waals surface area contributed by atoms with Gasteiger partial charge in [-0.1, -0.05) is 15.9 Å². The molecule has 2 N–H and O–H groups in total. The lowest BCUT2D eigenvalue weighted by molar-refractivity contribution is -0.143. The third-order valence-corrected chi connectivity index (χ3v) is 3.04. The van der Waals surface area contributed by atoms with Gasteiger partial charge in [-0.15, -0.1) is 0 Å². The fourth-order valence-electron chi connectivity index (χ4n) is 1.67. The van der Waals surface area contributed by atoms with Crippen LogP contribution >= 0.6 is 15.9 Å². The molecule has 1 aliphatic rings. The maximum absolute atomic E-state index is 10.7. The first-order chi connectivity index (χ1) is 7.60. The number of hydrogen-bond acceptors (Lipinski definition) is 3. The van der Waals surface area contributed by atoms with Crippen molar-refractivity contribution in [3.8, 4) is 5.75 Å². The molecule has 16 heavy (non-hydrogen) atoms. The summed E-state index contributed by atoms with van der Waals surface area (Å²) in [7, 11) is 0. The van der Waals surface area contributed by atoms with Gasteiger partial charge in [0.1, 0.15) is 11.4 Å². The second-order valence-corrected chi connectivity index (χ2v) is 4.83. The average molecular weight is 286 g/mol. The van der Waals surface area contributed by atoms with Crippen LogP contribution in [0.25, 0.3) is 0 Å². The van der Waals surface area contributed by atoms with E-state index in [1.54, 1.807) is 0 Å². The molecule has 5 heteroatoms. The van der Waals surface area contributed by atoms with Gasteiger partial charge in [-0.25, -0.2) is 0 Å². The van der Waals surface area contributed by atoms with Crippen LogP contribution in [-0.4, -0.2) is 29.8 Å². The lowest BCUT2D eigenvalue weighted by Crippen LogP contribution is -2.64. The minimum absolute atomic E-state index is 0.0239. The van der Waals surface area contributed by atoms with Crippen LogP contribution in [-0.2, 0) is 4.79 Å². The van der Waals surface area contributed by atoms with Crippen molar-refractivity contribution in [2.75, 3.05) is 13.1 Å². The van der Waals surface area contributed by atoms with E-state index in [0.29, 0.717) is 18.8 Å². The van der Waals surface area contributed by atoms with Gasteiger partial charge in [0, 0.05) is 17.6 Å². The summed E-state index contributed by atoms with van der Waals surface area (Å²) in [6, 6.07) is 7.39. The molecule has 0 aromatic heterocycles. The van der Waals surface area contributed by atoms with Crippen LogP contribution in [0.15, 0.2) is 28.7 Å². The molecule has 0 radical (unpaired) electrons. The first-order valence-corrected chi connectivity index (χ1v) is 5.76. The Balaban J connectivity index is 2.06. The number of ether oxygens (including phenoxy) is 1. The molecule has 2 rings (SSSR count). The Bertz CT molecular complexity index is 387. The van der Waals surface area contributed by atoms with Gasteiger partial charge in [0.25, 0.3) is 0 Å². The Labute approximate surface area is 102 Å². The first-order valence-electron chi connectivity index (χ1n) is 4.97. The van der Waals surface area contributed by atoms with E-state index < -0.39 is 11.6 Å². The fraction of sp³-hybridized carbons (Fsp3) is 0.364. The second kappa shape index (κ2) is 4.43. The number of halogens is 1. The monoisotopic (exact) mass is 285 g/mol. The van der Waals surface area contributed by atoms with Crippen LogP contribution in [0.2, 0.25) is 0 Å². The van der Waals surface area contributed by atoms with Crippen molar-refractivity contribution in [3.05, 3.63) is 28.7 Å². The first kappa shape index (κ1) is 11.4. The summed E-state index contributed by atoms with van der Waals surface area (Å²) in [5.74, 6) is -0.135. The molecule has 0 atom stereocenters. The van der Waals surface area contributed by atoms with Crippen LogP contribution in [0.5, 0.6) is 5.75 Å². The summed E-state index contributed by atoms with van der Waals surface area (Å²) in [6.07, 6.45) is 0.0239. The fourth-order valence-corrected chi connectivity index (χ4v) is 1.93. The molecule has 0 aliphatic carbocycles. The zero-order chi connectivity index (χ0) is 11.6. The maximum Gasteiger partial charge on any atom is 0.307 e. The van der Waals surface area contributed by atoms with Gasteiger partial charge in [-0.05, 0) is 24.3 Å². The molecule has 1 aromatic carbocycles. The maximum atomic E-state index is 10.7. The van der Waals surface area contributed by atoms with Gasteiger partial charge >= 0.3 is 5.97 Å². The molecule has 0 bridgehead atoms. The van der Waals surface area contributed by atoms with Crippen LogP contribution in [0.4, 0.5) is 0 Å². The summed E-state index contributed by atoms with van der Waals surface area (Å²) in [5, 5.41) is 11.9. The number of carboxylic acids is 1.